The largest absolute Gasteiger partial charge is 0.375 e. The fourth-order valence-electron chi connectivity index (χ4n) is 1.29. The number of hydrogen-bond acceptors (Lipinski definition) is 3. The van der Waals surface area contributed by atoms with Gasteiger partial charge in [0.25, 0.3) is 5.91 Å². The van der Waals surface area contributed by atoms with Crippen LogP contribution in [0.15, 0.2) is 18.2 Å². The fourth-order valence-corrected chi connectivity index (χ4v) is 1.58. The third-order valence-corrected chi connectivity index (χ3v) is 2.54. The average molecular weight is 243 g/mol. The van der Waals surface area contributed by atoms with Crippen molar-refractivity contribution in [3.63, 3.8) is 0 Å². The number of amides is 1. The third kappa shape index (κ3) is 3.12. The van der Waals surface area contributed by atoms with Crippen LogP contribution in [-0.4, -0.2) is 29.3 Å². The molecule has 0 heterocycles. The number of nitrogens with zero attached hydrogens (tertiary/aromatic N) is 1. The molecule has 0 fully saturated rings. The minimum Gasteiger partial charge on any atom is -0.375 e. The molecule has 0 aromatic heterocycles. The Hall–Kier alpha value is -1.26. The van der Waals surface area contributed by atoms with Gasteiger partial charge >= 0.3 is 0 Å². The van der Waals surface area contributed by atoms with Crippen molar-refractivity contribution < 1.29 is 10.0 Å². The molecular formula is C11H15ClN2O2. The normalized spacial score (nSPS) is 10.0. The van der Waals surface area contributed by atoms with E-state index in [2.05, 4.69) is 5.32 Å². The van der Waals surface area contributed by atoms with Crippen molar-refractivity contribution in [2.24, 2.45) is 0 Å². The molecule has 1 amide bonds. The number of aryl methyl sites for hydroxylation is 1. The summed E-state index contributed by atoms with van der Waals surface area (Å²) < 4.78 is 0. The lowest BCUT2D eigenvalue weighted by Crippen LogP contribution is -2.32. The second kappa shape index (κ2) is 5.72. The number of likely N-dealkylation sites (N-methyl/N-ethyl adjacent to an activating group) is 1. The molecule has 0 saturated heterocycles. The van der Waals surface area contributed by atoms with Crippen LogP contribution in [0.4, 0.5) is 5.69 Å². The Morgan fingerprint density at radius 3 is 2.81 bits per heavy atom. The predicted octanol–water partition coefficient (Wildman–Crippen LogP) is 2.30. The first kappa shape index (κ1) is 12.8. The zero-order chi connectivity index (χ0) is 12.1. The number of para-hydroxylation sites is 1. The van der Waals surface area contributed by atoms with E-state index in [1.54, 1.807) is 13.0 Å². The predicted molar refractivity (Wildman–Crippen MR) is 63.9 cm³/mol. The van der Waals surface area contributed by atoms with Gasteiger partial charge in [-0.05, 0) is 25.5 Å². The first-order valence-electron chi connectivity index (χ1n) is 5.04. The molecule has 0 atom stereocenters. The standard InChI is InChI=1S/C11H15ClN2O2/c1-3-14(16)10(15)7-13-11-8(2)5-4-6-9(11)12/h4-6,13,16H,3,7H2,1-2H3. The maximum atomic E-state index is 11.3. The van der Waals surface area contributed by atoms with E-state index >= 15 is 0 Å². The molecule has 0 radical (unpaired) electrons. The van der Waals surface area contributed by atoms with Crippen LogP contribution in [0.5, 0.6) is 0 Å². The van der Waals surface area contributed by atoms with Crippen LogP contribution in [0.2, 0.25) is 5.02 Å². The summed E-state index contributed by atoms with van der Waals surface area (Å²) in [5.74, 6) is -0.387. The van der Waals surface area contributed by atoms with Gasteiger partial charge in [0.05, 0.1) is 17.3 Å². The summed E-state index contributed by atoms with van der Waals surface area (Å²) >= 11 is 5.98. The van der Waals surface area contributed by atoms with Crippen molar-refractivity contribution in [2.75, 3.05) is 18.4 Å². The molecule has 1 aromatic carbocycles. The molecule has 5 heteroatoms. The molecule has 0 aliphatic rings. The Labute approximate surface area is 99.8 Å². The van der Waals surface area contributed by atoms with Crippen LogP contribution in [0.1, 0.15) is 12.5 Å². The summed E-state index contributed by atoms with van der Waals surface area (Å²) in [6.45, 7) is 3.88. The van der Waals surface area contributed by atoms with Crippen LogP contribution < -0.4 is 5.32 Å². The van der Waals surface area contributed by atoms with E-state index in [-0.39, 0.29) is 19.0 Å². The zero-order valence-electron chi connectivity index (χ0n) is 9.33. The highest BCUT2D eigenvalue weighted by molar-refractivity contribution is 6.33. The topological polar surface area (TPSA) is 52.6 Å². The van der Waals surface area contributed by atoms with Crippen LogP contribution in [-0.2, 0) is 4.79 Å². The lowest BCUT2D eigenvalue weighted by molar-refractivity contribution is -0.162. The van der Waals surface area contributed by atoms with Gasteiger partial charge in [-0.25, -0.2) is 5.06 Å². The van der Waals surface area contributed by atoms with Crippen molar-refractivity contribution in [3.8, 4) is 0 Å². The maximum absolute atomic E-state index is 11.3. The van der Waals surface area contributed by atoms with Gasteiger partial charge in [-0.3, -0.25) is 10.0 Å². The van der Waals surface area contributed by atoms with Crippen molar-refractivity contribution in [1.82, 2.24) is 5.06 Å². The van der Waals surface area contributed by atoms with Crippen molar-refractivity contribution >= 4 is 23.2 Å². The lowest BCUT2D eigenvalue weighted by atomic mass is 10.2. The minimum atomic E-state index is -0.387. The molecule has 0 unspecified atom stereocenters. The molecule has 88 valence electrons. The molecule has 4 nitrogen and oxygen atoms in total. The highest BCUT2D eigenvalue weighted by Crippen LogP contribution is 2.24. The summed E-state index contributed by atoms with van der Waals surface area (Å²) in [5, 5.41) is 13.3. The monoisotopic (exact) mass is 242 g/mol. The van der Waals surface area contributed by atoms with Crippen molar-refractivity contribution in [2.45, 2.75) is 13.8 Å². The molecule has 16 heavy (non-hydrogen) atoms. The average Bonchev–Trinajstić information content (AvgIpc) is 2.27. The molecule has 0 spiro atoms. The number of halogens is 1. The SMILES string of the molecule is CCN(O)C(=O)CNc1c(C)cccc1Cl. The molecular weight excluding hydrogens is 228 g/mol. The number of carbonyl (C=O) groups excluding carboxylic acids is 1. The lowest BCUT2D eigenvalue weighted by Gasteiger charge is -2.15. The smallest absolute Gasteiger partial charge is 0.265 e. The summed E-state index contributed by atoms with van der Waals surface area (Å²) in [6, 6.07) is 5.49. The number of rotatable bonds is 4. The highest BCUT2D eigenvalue weighted by Gasteiger charge is 2.10. The van der Waals surface area contributed by atoms with Crippen LogP contribution >= 0.6 is 11.6 Å². The number of carbonyl (C=O) groups is 1. The van der Waals surface area contributed by atoms with E-state index in [0.29, 0.717) is 10.1 Å². The quantitative estimate of drug-likeness (QED) is 0.629. The minimum absolute atomic E-state index is 0.0227. The van der Waals surface area contributed by atoms with Crippen LogP contribution in [0.25, 0.3) is 0 Å². The number of nitrogens with one attached hydrogen (secondary N) is 1. The van der Waals surface area contributed by atoms with E-state index in [0.717, 1.165) is 11.3 Å². The summed E-state index contributed by atoms with van der Waals surface area (Å²) in [7, 11) is 0. The van der Waals surface area contributed by atoms with E-state index in [9.17, 15) is 4.79 Å². The second-order valence-electron chi connectivity index (χ2n) is 3.39. The van der Waals surface area contributed by atoms with Gasteiger partial charge in [-0.15, -0.1) is 0 Å². The first-order valence-corrected chi connectivity index (χ1v) is 5.42. The van der Waals surface area contributed by atoms with Gasteiger partial charge in [0.1, 0.15) is 0 Å². The van der Waals surface area contributed by atoms with Gasteiger partial charge in [0.15, 0.2) is 0 Å². The van der Waals surface area contributed by atoms with Crippen LogP contribution in [0, 0.1) is 6.92 Å². The Morgan fingerprint density at radius 1 is 1.56 bits per heavy atom. The van der Waals surface area contributed by atoms with E-state index in [1.165, 1.54) is 0 Å². The molecule has 1 aromatic rings. The molecule has 2 N–H and O–H groups in total. The molecule has 0 saturated carbocycles. The summed E-state index contributed by atoms with van der Waals surface area (Å²) in [6.07, 6.45) is 0. The Bertz CT molecular complexity index is 362. The Kier molecular flexibility index (Phi) is 4.58. The first-order chi connectivity index (χ1) is 7.56. The molecule has 0 aliphatic carbocycles. The molecule has 1 rings (SSSR count). The maximum Gasteiger partial charge on any atom is 0.265 e. The number of benzene rings is 1. The summed E-state index contributed by atoms with van der Waals surface area (Å²) in [5.41, 5.74) is 1.68. The Morgan fingerprint density at radius 2 is 2.25 bits per heavy atom. The van der Waals surface area contributed by atoms with Gasteiger partial charge in [-0.1, -0.05) is 23.7 Å². The fraction of sp³-hybridized carbons (Fsp3) is 0.364. The van der Waals surface area contributed by atoms with Crippen molar-refractivity contribution in [3.05, 3.63) is 28.8 Å². The summed E-state index contributed by atoms with van der Waals surface area (Å²) in [4.78, 5) is 11.3. The van der Waals surface area contributed by atoms with Gasteiger partial charge in [0, 0.05) is 6.54 Å². The number of anilines is 1. The van der Waals surface area contributed by atoms with Gasteiger partial charge < -0.3 is 5.32 Å². The number of hydrogen-bond donors (Lipinski definition) is 2. The van der Waals surface area contributed by atoms with E-state index in [4.69, 9.17) is 16.8 Å². The van der Waals surface area contributed by atoms with Crippen molar-refractivity contribution in [1.29, 1.82) is 0 Å². The van der Waals surface area contributed by atoms with E-state index in [1.807, 2.05) is 19.1 Å². The third-order valence-electron chi connectivity index (χ3n) is 2.23. The van der Waals surface area contributed by atoms with Gasteiger partial charge in [0.2, 0.25) is 0 Å². The van der Waals surface area contributed by atoms with Crippen LogP contribution in [0.3, 0.4) is 0 Å². The highest BCUT2D eigenvalue weighted by atomic mass is 35.5. The van der Waals surface area contributed by atoms with Gasteiger partial charge in [-0.2, -0.15) is 0 Å². The molecule has 0 bridgehead atoms. The zero-order valence-corrected chi connectivity index (χ0v) is 10.1. The Balaban J connectivity index is 2.65. The number of hydroxylamine groups is 2. The second-order valence-corrected chi connectivity index (χ2v) is 3.80. The van der Waals surface area contributed by atoms with E-state index < -0.39 is 0 Å². The molecule has 0 aliphatic heterocycles.